The van der Waals surface area contributed by atoms with E-state index >= 15 is 0 Å². The van der Waals surface area contributed by atoms with Crippen LogP contribution in [0.2, 0.25) is 0 Å². The molecule has 4 heteroatoms. The van der Waals surface area contributed by atoms with Crippen LogP contribution in [-0.4, -0.2) is 11.5 Å². The maximum absolute atomic E-state index is 4.20. The first-order chi connectivity index (χ1) is 5.68. The Bertz CT molecular complexity index is 276. The van der Waals surface area contributed by atoms with Gasteiger partial charge in [-0.2, -0.15) is 0 Å². The van der Waals surface area contributed by atoms with E-state index in [0.29, 0.717) is 0 Å². The van der Waals surface area contributed by atoms with Crippen molar-refractivity contribution in [3.05, 3.63) is 21.6 Å². The molecule has 1 rings (SSSR count). The van der Waals surface area contributed by atoms with Crippen LogP contribution in [0.25, 0.3) is 0 Å². The van der Waals surface area contributed by atoms with Crippen molar-refractivity contribution in [2.45, 2.75) is 13.8 Å². The molecule has 0 saturated heterocycles. The Kier molecular flexibility index (Phi) is 3.75. The fourth-order valence-electron chi connectivity index (χ4n) is 0.678. The van der Waals surface area contributed by atoms with E-state index in [1.807, 2.05) is 5.38 Å². The van der Waals surface area contributed by atoms with E-state index in [-0.39, 0.29) is 0 Å². The van der Waals surface area contributed by atoms with Gasteiger partial charge in [0.25, 0.3) is 0 Å². The lowest BCUT2D eigenvalue weighted by Gasteiger charge is -1.96. The molecule has 0 atom stereocenters. The fraction of sp³-hybridized carbons (Fsp3) is 0.375. The van der Waals surface area contributed by atoms with Gasteiger partial charge in [-0.15, -0.1) is 11.3 Å². The average molecular weight is 247 g/mol. The van der Waals surface area contributed by atoms with Gasteiger partial charge in [0.2, 0.25) is 0 Å². The van der Waals surface area contributed by atoms with Crippen LogP contribution in [0.15, 0.2) is 21.6 Å². The van der Waals surface area contributed by atoms with Gasteiger partial charge in [-0.25, -0.2) is 4.98 Å². The maximum atomic E-state index is 4.20. The second-order valence-corrected chi connectivity index (χ2v) is 4.31. The number of hydrogen-bond acceptors (Lipinski definition) is 3. The minimum absolute atomic E-state index is 0.849. The number of thiazole rings is 1. The molecule has 0 aromatic carbocycles. The molecule has 0 fully saturated rings. The molecule has 0 saturated carbocycles. The second kappa shape index (κ2) is 4.62. The fourth-order valence-corrected chi connectivity index (χ4v) is 1.83. The smallest absolute Gasteiger partial charge is 0.183 e. The summed E-state index contributed by atoms with van der Waals surface area (Å²) >= 11 is 4.90. The van der Waals surface area contributed by atoms with E-state index in [1.165, 1.54) is 5.57 Å². The zero-order valence-corrected chi connectivity index (χ0v) is 9.50. The number of anilines is 1. The van der Waals surface area contributed by atoms with E-state index in [9.17, 15) is 0 Å². The lowest BCUT2D eigenvalue weighted by Crippen LogP contribution is -1.97. The van der Waals surface area contributed by atoms with Crippen molar-refractivity contribution in [3.63, 3.8) is 0 Å². The summed E-state index contributed by atoms with van der Waals surface area (Å²) in [6.45, 7) is 5.02. The van der Waals surface area contributed by atoms with Crippen molar-refractivity contribution in [1.82, 2.24) is 4.98 Å². The first-order valence-corrected chi connectivity index (χ1v) is 5.34. The van der Waals surface area contributed by atoms with Gasteiger partial charge in [0.1, 0.15) is 4.60 Å². The summed E-state index contributed by atoms with van der Waals surface area (Å²) in [5, 5.41) is 6.12. The van der Waals surface area contributed by atoms with Crippen LogP contribution in [-0.2, 0) is 0 Å². The molecule has 2 nitrogen and oxygen atoms in total. The van der Waals surface area contributed by atoms with Gasteiger partial charge in [-0.05, 0) is 29.8 Å². The van der Waals surface area contributed by atoms with E-state index in [0.717, 1.165) is 16.3 Å². The molecule has 0 spiro atoms. The van der Waals surface area contributed by atoms with Crippen molar-refractivity contribution in [1.29, 1.82) is 0 Å². The zero-order chi connectivity index (χ0) is 8.97. The molecule has 1 heterocycles. The van der Waals surface area contributed by atoms with E-state index in [2.05, 4.69) is 46.2 Å². The number of halogens is 1. The first kappa shape index (κ1) is 9.74. The van der Waals surface area contributed by atoms with Gasteiger partial charge in [0.05, 0.1) is 0 Å². The van der Waals surface area contributed by atoms with Crippen molar-refractivity contribution < 1.29 is 0 Å². The normalized spacial score (nSPS) is 9.58. The molecule has 12 heavy (non-hydrogen) atoms. The summed E-state index contributed by atoms with van der Waals surface area (Å²) in [6, 6.07) is 0. The topological polar surface area (TPSA) is 24.9 Å². The molecule has 0 bridgehead atoms. The number of aromatic nitrogens is 1. The van der Waals surface area contributed by atoms with Gasteiger partial charge in [0.15, 0.2) is 5.13 Å². The molecule has 66 valence electrons. The Balaban J connectivity index is 2.38. The summed E-state index contributed by atoms with van der Waals surface area (Å²) in [4.78, 5) is 4.20. The van der Waals surface area contributed by atoms with E-state index in [1.54, 1.807) is 11.3 Å². The highest BCUT2D eigenvalue weighted by atomic mass is 79.9. The molecule has 0 unspecified atom stereocenters. The van der Waals surface area contributed by atoms with Crippen LogP contribution < -0.4 is 5.32 Å². The minimum atomic E-state index is 0.849. The van der Waals surface area contributed by atoms with Gasteiger partial charge >= 0.3 is 0 Å². The lowest BCUT2D eigenvalue weighted by atomic mass is 10.3. The van der Waals surface area contributed by atoms with Crippen molar-refractivity contribution >= 4 is 32.4 Å². The van der Waals surface area contributed by atoms with Crippen LogP contribution >= 0.6 is 27.3 Å². The molecule has 0 aliphatic rings. The van der Waals surface area contributed by atoms with Gasteiger partial charge in [0, 0.05) is 11.9 Å². The number of rotatable bonds is 3. The minimum Gasteiger partial charge on any atom is -0.358 e. The van der Waals surface area contributed by atoms with Gasteiger partial charge in [-0.1, -0.05) is 11.6 Å². The summed E-state index contributed by atoms with van der Waals surface area (Å²) < 4.78 is 0.896. The maximum Gasteiger partial charge on any atom is 0.183 e. The van der Waals surface area contributed by atoms with Crippen LogP contribution in [0.5, 0.6) is 0 Å². The molecule has 1 aromatic heterocycles. The number of hydrogen-bond donors (Lipinski definition) is 1. The highest BCUT2D eigenvalue weighted by Gasteiger charge is 1.95. The average Bonchev–Trinajstić information content (AvgIpc) is 2.35. The summed E-state index contributed by atoms with van der Waals surface area (Å²) in [5.41, 5.74) is 1.32. The summed E-state index contributed by atoms with van der Waals surface area (Å²) in [7, 11) is 0. The predicted octanol–water partition coefficient (Wildman–Crippen LogP) is 3.28. The van der Waals surface area contributed by atoms with Crippen molar-refractivity contribution in [2.75, 3.05) is 11.9 Å². The summed E-state index contributed by atoms with van der Waals surface area (Å²) in [5.74, 6) is 0. The van der Waals surface area contributed by atoms with Crippen LogP contribution in [0, 0.1) is 0 Å². The Labute approximate surface area is 84.8 Å². The second-order valence-electron chi connectivity index (χ2n) is 2.64. The standard InChI is InChI=1S/C8H11BrN2S/c1-6(2)3-4-10-8-11-7(9)5-12-8/h3,5H,4H2,1-2H3,(H,10,11). The molecule has 1 aromatic rings. The molecular formula is C8H11BrN2S. The number of allylic oxidation sites excluding steroid dienone is 1. The third kappa shape index (κ3) is 3.36. The Hall–Kier alpha value is -0.350. The van der Waals surface area contributed by atoms with Gasteiger partial charge < -0.3 is 5.32 Å². The third-order valence-corrected chi connectivity index (χ3v) is 2.75. The zero-order valence-electron chi connectivity index (χ0n) is 7.10. The lowest BCUT2D eigenvalue weighted by molar-refractivity contribution is 1.23. The highest BCUT2D eigenvalue weighted by molar-refractivity contribution is 9.10. The molecule has 0 amide bonds. The van der Waals surface area contributed by atoms with E-state index < -0.39 is 0 Å². The molecule has 1 N–H and O–H groups in total. The molecule has 0 aliphatic carbocycles. The largest absolute Gasteiger partial charge is 0.358 e. The third-order valence-electron chi connectivity index (χ3n) is 1.24. The molecule has 0 radical (unpaired) electrons. The quantitative estimate of drug-likeness (QED) is 0.829. The molecular weight excluding hydrogens is 236 g/mol. The predicted molar refractivity (Wildman–Crippen MR) is 57.7 cm³/mol. The van der Waals surface area contributed by atoms with Crippen molar-refractivity contribution in [3.8, 4) is 0 Å². The van der Waals surface area contributed by atoms with Crippen molar-refractivity contribution in [2.24, 2.45) is 0 Å². The van der Waals surface area contributed by atoms with Crippen LogP contribution in [0.3, 0.4) is 0 Å². The van der Waals surface area contributed by atoms with Crippen LogP contribution in [0.4, 0.5) is 5.13 Å². The monoisotopic (exact) mass is 246 g/mol. The summed E-state index contributed by atoms with van der Waals surface area (Å²) in [6.07, 6.45) is 2.13. The number of nitrogens with one attached hydrogen (secondary N) is 1. The SMILES string of the molecule is CC(C)=CCNc1nc(Br)cs1. The number of nitrogens with zero attached hydrogens (tertiary/aromatic N) is 1. The van der Waals surface area contributed by atoms with Crippen LogP contribution in [0.1, 0.15) is 13.8 Å². The Morgan fingerprint density at radius 1 is 1.75 bits per heavy atom. The highest BCUT2D eigenvalue weighted by Crippen LogP contribution is 2.18. The van der Waals surface area contributed by atoms with E-state index in [4.69, 9.17) is 0 Å². The van der Waals surface area contributed by atoms with Gasteiger partial charge in [-0.3, -0.25) is 0 Å². The Morgan fingerprint density at radius 2 is 2.50 bits per heavy atom. The first-order valence-electron chi connectivity index (χ1n) is 3.67. The molecule has 0 aliphatic heterocycles. The Morgan fingerprint density at radius 3 is 3.00 bits per heavy atom.